The molecule has 0 spiro atoms. The first-order valence-corrected chi connectivity index (χ1v) is 5.41. The molecule has 0 saturated heterocycles. The lowest BCUT2D eigenvalue weighted by atomic mass is 10.1. The third kappa shape index (κ3) is 2.33. The van der Waals surface area contributed by atoms with Crippen molar-refractivity contribution in [2.24, 2.45) is 0 Å². The van der Waals surface area contributed by atoms with Gasteiger partial charge in [-0.1, -0.05) is 30.3 Å². The molecule has 0 aliphatic carbocycles. The molecule has 1 N–H and O–H groups in total. The predicted molar refractivity (Wildman–Crippen MR) is 61.9 cm³/mol. The van der Waals surface area contributed by atoms with Crippen molar-refractivity contribution in [3.63, 3.8) is 0 Å². The van der Waals surface area contributed by atoms with Crippen molar-refractivity contribution in [1.29, 1.82) is 0 Å². The number of benzene rings is 1. The minimum atomic E-state index is -1.04. The third-order valence-corrected chi connectivity index (χ3v) is 2.54. The molecule has 1 aromatic carbocycles. The molecule has 0 atom stereocenters. The van der Waals surface area contributed by atoms with Crippen molar-refractivity contribution in [1.82, 2.24) is 14.8 Å². The Morgan fingerprint density at radius 3 is 2.59 bits per heavy atom. The first kappa shape index (κ1) is 11.3. The molecule has 2 rings (SSSR count). The average Bonchev–Trinajstić information content (AvgIpc) is 2.73. The lowest BCUT2D eigenvalue weighted by Crippen LogP contribution is -2.11. The molecule has 0 fully saturated rings. The van der Waals surface area contributed by atoms with Gasteiger partial charge in [0.05, 0.1) is 0 Å². The Bertz CT molecular complexity index is 520. The number of aromatic carboxylic acids is 1. The van der Waals surface area contributed by atoms with Crippen LogP contribution in [0.3, 0.4) is 0 Å². The van der Waals surface area contributed by atoms with Crippen molar-refractivity contribution in [3.8, 4) is 0 Å². The maximum atomic E-state index is 10.9. The van der Waals surface area contributed by atoms with E-state index in [1.807, 2.05) is 37.3 Å². The molecule has 0 bridgehead atoms. The van der Waals surface area contributed by atoms with Gasteiger partial charge in [0.1, 0.15) is 5.82 Å². The molecule has 5 heteroatoms. The summed E-state index contributed by atoms with van der Waals surface area (Å²) in [5.41, 5.74) is 1.09. The van der Waals surface area contributed by atoms with E-state index in [9.17, 15) is 4.79 Å². The van der Waals surface area contributed by atoms with Crippen LogP contribution in [0.25, 0.3) is 0 Å². The molecule has 17 heavy (non-hydrogen) atoms. The van der Waals surface area contributed by atoms with Crippen LogP contribution in [0.1, 0.15) is 28.9 Å². The van der Waals surface area contributed by atoms with Crippen molar-refractivity contribution < 1.29 is 9.90 Å². The van der Waals surface area contributed by atoms with Crippen LogP contribution in [0, 0.1) is 0 Å². The minimum absolute atomic E-state index is 0.00145. The number of rotatable bonds is 4. The summed E-state index contributed by atoms with van der Waals surface area (Å²) in [5, 5.41) is 16.6. The Morgan fingerprint density at radius 2 is 2.00 bits per heavy atom. The fraction of sp³-hybridized carbons (Fsp3) is 0.250. The van der Waals surface area contributed by atoms with Crippen molar-refractivity contribution >= 4 is 5.97 Å². The van der Waals surface area contributed by atoms with E-state index < -0.39 is 5.97 Å². The lowest BCUT2D eigenvalue weighted by Gasteiger charge is -2.04. The Morgan fingerprint density at radius 1 is 1.29 bits per heavy atom. The number of carboxylic acids is 1. The van der Waals surface area contributed by atoms with Gasteiger partial charge in [-0.25, -0.2) is 4.79 Å². The molecule has 0 amide bonds. The zero-order valence-electron chi connectivity index (χ0n) is 9.50. The largest absolute Gasteiger partial charge is 0.475 e. The van der Waals surface area contributed by atoms with E-state index in [1.165, 1.54) is 0 Å². The predicted octanol–water partition coefficient (Wildman–Crippen LogP) is 1.59. The van der Waals surface area contributed by atoms with E-state index in [0.717, 1.165) is 5.56 Å². The molecular formula is C12H13N3O2. The molecular weight excluding hydrogens is 218 g/mol. The highest BCUT2D eigenvalue weighted by atomic mass is 16.4. The van der Waals surface area contributed by atoms with E-state index in [2.05, 4.69) is 10.2 Å². The van der Waals surface area contributed by atoms with Crippen LogP contribution < -0.4 is 0 Å². The van der Waals surface area contributed by atoms with Gasteiger partial charge in [0.2, 0.25) is 5.82 Å². The van der Waals surface area contributed by atoms with Crippen molar-refractivity contribution in [2.45, 2.75) is 19.9 Å². The summed E-state index contributed by atoms with van der Waals surface area (Å²) in [6.45, 7) is 2.43. The SMILES string of the molecule is CCn1c(Cc2ccccc2)nnc1C(=O)O. The van der Waals surface area contributed by atoms with Crippen LogP contribution in [0.2, 0.25) is 0 Å². The smallest absolute Gasteiger partial charge is 0.374 e. The van der Waals surface area contributed by atoms with Crippen molar-refractivity contribution in [2.75, 3.05) is 0 Å². The number of hydrogen-bond donors (Lipinski definition) is 1. The summed E-state index contributed by atoms with van der Waals surface area (Å²) in [7, 11) is 0. The molecule has 0 aliphatic heterocycles. The Labute approximate surface area is 98.7 Å². The summed E-state index contributed by atoms with van der Waals surface area (Å²) < 4.78 is 1.62. The number of carboxylic acid groups (broad SMARTS) is 1. The molecule has 5 nitrogen and oxygen atoms in total. The Hall–Kier alpha value is -2.17. The van der Waals surface area contributed by atoms with E-state index in [-0.39, 0.29) is 5.82 Å². The molecule has 1 aromatic heterocycles. The van der Waals surface area contributed by atoms with Crippen molar-refractivity contribution in [3.05, 3.63) is 47.5 Å². The summed E-state index contributed by atoms with van der Waals surface area (Å²) in [6, 6.07) is 9.79. The second-order valence-electron chi connectivity index (χ2n) is 3.65. The first-order chi connectivity index (χ1) is 8.22. The average molecular weight is 231 g/mol. The highest BCUT2D eigenvalue weighted by molar-refractivity contribution is 5.83. The fourth-order valence-electron chi connectivity index (χ4n) is 1.74. The zero-order chi connectivity index (χ0) is 12.3. The van der Waals surface area contributed by atoms with Crippen LogP contribution >= 0.6 is 0 Å². The summed E-state index contributed by atoms with van der Waals surface area (Å²) in [5.74, 6) is -0.367. The number of hydrogen-bond acceptors (Lipinski definition) is 3. The van der Waals surface area contributed by atoms with Crippen LogP contribution in [-0.2, 0) is 13.0 Å². The number of aromatic nitrogens is 3. The van der Waals surface area contributed by atoms with Crippen LogP contribution in [0.15, 0.2) is 30.3 Å². The maximum absolute atomic E-state index is 10.9. The fourth-order valence-corrected chi connectivity index (χ4v) is 1.74. The second-order valence-corrected chi connectivity index (χ2v) is 3.65. The number of carbonyl (C=O) groups is 1. The minimum Gasteiger partial charge on any atom is -0.475 e. The molecule has 2 aromatic rings. The van der Waals surface area contributed by atoms with Gasteiger partial charge >= 0.3 is 5.97 Å². The molecule has 0 saturated carbocycles. The summed E-state index contributed by atoms with van der Waals surface area (Å²) in [4.78, 5) is 10.9. The normalized spacial score (nSPS) is 10.4. The molecule has 1 heterocycles. The molecule has 88 valence electrons. The van der Waals surface area contributed by atoms with E-state index in [1.54, 1.807) is 4.57 Å². The van der Waals surface area contributed by atoms with Crippen LogP contribution in [-0.4, -0.2) is 25.8 Å². The highest BCUT2D eigenvalue weighted by Crippen LogP contribution is 2.09. The van der Waals surface area contributed by atoms with Gasteiger partial charge < -0.3 is 9.67 Å². The Kier molecular flexibility index (Phi) is 3.18. The highest BCUT2D eigenvalue weighted by Gasteiger charge is 2.16. The van der Waals surface area contributed by atoms with Gasteiger partial charge in [-0.2, -0.15) is 0 Å². The standard InChI is InChI=1S/C12H13N3O2/c1-2-15-10(13-14-11(15)12(16)17)8-9-6-4-3-5-7-9/h3-7H,2,8H2,1H3,(H,16,17). The van der Waals surface area contributed by atoms with Crippen LogP contribution in [0.5, 0.6) is 0 Å². The zero-order valence-corrected chi connectivity index (χ0v) is 9.50. The number of nitrogens with zero attached hydrogens (tertiary/aromatic N) is 3. The quantitative estimate of drug-likeness (QED) is 0.867. The van der Waals surface area contributed by atoms with Gasteiger partial charge in [-0.15, -0.1) is 10.2 Å². The van der Waals surface area contributed by atoms with Gasteiger partial charge in [0, 0.05) is 13.0 Å². The molecule has 0 aliphatic rings. The monoisotopic (exact) mass is 231 g/mol. The van der Waals surface area contributed by atoms with E-state index in [0.29, 0.717) is 18.8 Å². The topological polar surface area (TPSA) is 68.0 Å². The summed E-state index contributed by atoms with van der Waals surface area (Å²) >= 11 is 0. The molecule has 0 radical (unpaired) electrons. The second kappa shape index (κ2) is 4.78. The van der Waals surface area contributed by atoms with Gasteiger partial charge in [0.15, 0.2) is 0 Å². The van der Waals surface area contributed by atoms with Crippen LogP contribution in [0.4, 0.5) is 0 Å². The maximum Gasteiger partial charge on any atom is 0.374 e. The lowest BCUT2D eigenvalue weighted by molar-refractivity contribution is 0.0677. The van der Waals surface area contributed by atoms with E-state index in [4.69, 9.17) is 5.11 Å². The molecule has 0 unspecified atom stereocenters. The summed E-state index contributed by atoms with van der Waals surface area (Å²) in [6.07, 6.45) is 0.592. The van der Waals surface area contributed by atoms with E-state index >= 15 is 0 Å². The first-order valence-electron chi connectivity index (χ1n) is 5.41. The third-order valence-electron chi connectivity index (χ3n) is 2.54. The Balaban J connectivity index is 2.31. The van der Waals surface area contributed by atoms with Gasteiger partial charge in [0.25, 0.3) is 0 Å². The van der Waals surface area contributed by atoms with Gasteiger partial charge in [-0.3, -0.25) is 0 Å². The van der Waals surface area contributed by atoms with Gasteiger partial charge in [-0.05, 0) is 12.5 Å².